The summed E-state index contributed by atoms with van der Waals surface area (Å²) in [5.41, 5.74) is 11.3. The molecule has 0 bridgehead atoms. The minimum atomic E-state index is 0.682. The van der Waals surface area contributed by atoms with E-state index in [1.54, 1.807) is 0 Å². The van der Waals surface area contributed by atoms with Crippen molar-refractivity contribution in [2.45, 2.75) is 0 Å². The second-order valence-corrected chi connectivity index (χ2v) is 13.1. The summed E-state index contributed by atoms with van der Waals surface area (Å²) in [5, 5.41) is 2.58. The van der Waals surface area contributed by atoms with Crippen LogP contribution in [0.4, 0.5) is 0 Å². The third-order valence-electron chi connectivity index (χ3n) is 8.95. The number of rotatable bonds is 6. The zero-order valence-corrected chi connectivity index (χ0v) is 27.3. The van der Waals surface area contributed by atoms with Crippen molar-refractivity contribution < 1.29 is 0 Å². The summed E-state index contributed by atoms with van der Waals surface area (Å²) < 4.78 is 2.60. The van der Waals surface area contributed by atoms with Gasteiger partial charge in [0, 0.05) is 48.6 Å². The quantitative estimate of drug-likeness (QED) is 0.181. The third kappa shape index (κ3) is 5.58. The van der Waals surface area contributed by atoms with Gasteiger partial charge in [0.25, 0.3) is 0 Å². The van der Waals surface area contributed by atoms with Crippen molar-refractivity contribution in [1.29, 1.82) is 0 Å². The standard InChI is InChI=1S/C45H29N3S/c1-3-13-30(14-4-1)33-25-34(32-22-23-44-39(28-32)38-19-9-10-21-43(38)49-44)27-35(26-33)41-29-42(48-45(47-41)31-15-5-2-6-16-31)37-18-8-7-17-36(37)40-20-11-12-24-46-40/h1-29H. The Kier molecular flexibility index (Phi) is 7.34. The molecule has 0 atom stereocenters. The minimum absolute atomic E-state index is 0.682. The summed E-state index contributed by atoms with van der Waals surface area (Å²) in [4.78, 5) is 15.1. The van der Waals surface area contributed by atoms with Gasteiger partial charge in [-0.25, -0.2) is 9.97 Å². The van der Waals surface area contributed by atoms with Crippen molar-refractivity contribution in [3.63, 3.8) is 0 Å². The molecule has 3 aromatic heterocycles. The Morgan fingerprint density at radius 2 is 0.959 bits per heavy atom. The van der Waals surface area contributed by atoms with Gasteiger partial charge in [0.05, 0.1) is 17.1 Å². The summed E-state index contributed by atoms with van der Waals surface area (Å²) in [6.07, 6.45) is 1.83. The Morgan fingerprint density at radius 3 is 1.73 bits per heavy atom. The van der Waals surface area contributed by atoms with Gasteiger partial charge in [-0.15, -0.1) is 11.3 Å². The zero-order valence-electron chi connectivity index (χ0n) is 26.5. The normalized spacial score (nSPS) is 11.3. The number of nitrogens with zero attached hydrogens (tertiary/aromatic N) is 3. The van der Waals surface area contributed by atoms with Crippen molar-refractivity contribution in [1.82, 2.24) is 15.0 Å². The predicted octanol–water partition coefficient (Wildman–Crippen LogP) is 12.2. The van der Waals surface area contributed by atoms with E-state index >= 15 is 0 Å². The lowest BCUT2D eigenvalue weighted by molar-refractivity contribution is 1.18. The maximum Gasteiger partial charge on any atom is 0.160 e. The Hall–Kier alpha value is -6.23. The molecule has 0 N–H and O–H groups in total. The fourth-order valence-corrected chi connectivity index (χ4v) is 7.63. The van der Waals surface area contributed by atoms with E-state index in [1.165, 1.54) is 25.7 Å². The molecule has 0 amide bonds. The molecule has 49 heavy (non-hydrogen) atoms. The molecule has 0 unspecified atom stereocenters. The fraction of sp³-hybridized carbons (Fsp3) is 0. The molecule has 230 valence electrons. The SMILES string of the molecule is c1ccc(-c2cc(-c3ccc4sc5ccccc5c4c3)cc(-c3cc(-c4ccccc4-c4ccccn4)nc(-c4ccccc4)n3)c2)cc1. The van der Waals surface area contributed by atoms with Gasteiger partial charge in [-0.3, -0.25) is 4.98 Å². The van der Waals surface area contributed by atoms with Crippen LogP contribution in [0, 0.1) is 0 Å². The summed E-state index contributed by atoms with van der Waals surface area (Å²) in [6, 6.07) is 59.6. The van der Waals surface area contributed by atoms with Crippen LogP contribution in [-0.2, 0) is 0 Å². The van der Waals surface area contributed by atoms with Crippen LogP contribution in [0.5, 0.6) is 0 Å². The monoisotopic (exact) mass is 643 g/mol. The molecule has 9 aromatic rings. The number of aromatic nitrogens is 3. The van der Waals surface area contributed by atoms with E-state index in [2.05, 4.69) is 138 Å². The lowest BCUT2D eigenvalue weighted by Gasteiger charge is -2.14. The highest BCUT2D eigenvalue weighted by molar-refractivity contribution is 7.25. The molecule has 0 radical (unpaired) electrons. The Balaban J connectivity index is 1.27. The molecular formula is C45H29N3S. The number of benzene rings is 6. The molecule has 3 nitrogen and oxygen atoms in total. The first-order valence-corrected chi connectivity index (χ1v) is 17.2. The van der Waals surface area contributed by atoms with Gasteiger partial charge in [-0.1, -0.05) is 115 Å². The van der Waals surface area contributed by atoms with Crippen molar-refractivity contribution in [2.75, 3.05) is 0 Å². The summed E-state index contributed by atoms with van der Waals surface area (Å²) in [5.74, 6) is 0.682. The van der Waals surface area contributed by atoms with Gasteiger partial charge < -0.3 is 0 Å². The van der Waals surface area contributed by atoms with Gasteiger partial charge >= 0.3 is 0 Å². The van der Waals surface area contributed by atoms with Crippen LogP contribution in [-0.4, -0.2) is 15.0 Å². The third-order valence-corrected chi connectivity index (χ3v) is 10.1. The van der Waals surface area contributed by atoms with Gasteiger partial charge in [0.15, 0.2) is 5.82 Å². The van der Waals surface area contributed by atoms with Crippen LogP contribution < -0.4 is 0 Å². The largest absolute Gasteiger partial charge is 0.256 e. The summed E-state index contributed by atoms with van der Waals surface area (Å²) in [7, 11) is 0. The predicted molar refractivity (Wildman–Crippen MR) is 205 cm³/mol. The lowest BCUT2D eigenvalue weighted by atomic mass is 9.93. The Morgan fingerprint density at radius 1 is 0.347 bits per heavy atom. The molecule has 0 aliphatic carbocycles. The average molecular weight is 644 g/mol. The van der Waals surface area contributed by atoms with Crippen LogP contribution in [0.15, 0.2) is 176 Å². The van der Waals surface area contributed by atoms with E-state index in [4.69, 9.17) is 9.97 Å². The van der Waals surface area contributed by atoms with Gasteiger partial charge in [0.1, 0.15) is 0 Å². The van der Waals surface area contributed by atoms with Crippen molar-refractivity contribution >= 4 is 31.5 Å². The smallest absolute Gasteiger partial charge is 0.160 e. The first-order chi connectivity index (χ1) is 24.3. The first kappa shape index (κ1) is 29.0. The number of thiophene rings is 1. The van der Waals surface area contributed by atoms with Crippen molar-refractivity contribution in [3.8, 4) is 67.4 Å². The molecule has 3 heterocycles. The molecule has 0 saturated carbocycles. The highest BCUT2D eigenvalue weighted by Gasteiger charge is 2.16. The molecular weight excluding hydrogens is 615 g/mol. The molecule has 0 saturated heterocycles. The molecule has 0 aliphatic heterocycles. The van der Waals surface area contributed by atoms with Crippen LogP contribution in [0.2, 0.25) is 0 Å². The van der Waals surface area contributed by atoms with E-state index in [0.717, 1.165) is 56.0 Å². The number of fused-ring (bicyclic) bond motifs is 3. The molecule has 4 heteroatoms. The van der Waals surface area contributed by atoms with E-state index in [-0.39, 0.29) is 0 Å². The molecule has 0 fully saturated rings. The Bertz CT molecular complexity index is 2590. The van der Waals surface area contributed by atoms with Gasteiger partial charge in [-0.2, -0.15) is 0 Å². The van der Waals surface area contributed by atoms with Crippen LogP contribution in [0.25, 0.3) is 87.6 Å². The number of hydrogen-bond donors (Lipinski definition) is 0. The molecule has 0 spiro atoms. The van der Waals surface area contributed by atoms with Gasteiger partial charge in [0.2, 0.25) is 0 Å². The minimum Gasteiger partial charge on any atom is -0.256 e. The second kappa shape index (κ2) is 12.4. The summed E-state index contributed by atoms with van der Waals surface area (Å²) in [6.45, 7) is 0. The van der Waals surface area contributed by atoms with E-state index in [0.29, 0.717) is 5.82 Å². The zero-order chi connectivity index (χ0) is 32.6. The maximum atomic E-state index is 5.23. The number of pyridine rings is 1. The highest BCUT2D eigenvalue weighted by atomic mass is 32.1. The van der Waals surface area contributed by atoms with Gasteiger partial charge in [-0.05, 0) is 76.9 Å². The molecule has 6 aromatic carbocycles. The number of hydrogen-bond acceptors (Lipinski definition) is 4. The highest BCUT2D eigenvalue weighted by Crippen LogP contribution is 2.39. The topological polar surface area (TPSA) is 38.7 Å². The first-order valence-electron chi connectivity index (χ1n) is 16.3. The van der Waals surface area contributed by atoms with Crippen molar-refractivity contribution in [2.24, 2.45) is 0 Å². The second-order valence-electron chi connectivity index (χ2n) is 12.1. The average Bonchev–Trinajstić information content (AvgIpc) is 3.57. The maximum absolute atomic E-state index is 5.23. The van der Waals surface area contributed by atoms with E-state index < -0.39 is 0 Å². The lowest BCUT2D eigenvalue weighted by Crippen LogP contribution is -1.98. The van der Waals surface area contributed by atoms with Crippen molar-refractivity contribution in [3.05, 3.63) is 176 Å². The van der Waals surface area contributed by atoms with Crippen LogP contribution >= 0.6 is 11.3 Å². The Labute approximate surface area is 288 Å². The van der Waals surface area contributed by atoms with E-state index in [9.17, 15) is 0 Å². The fourth-order valence-electron chi connectivity index (χ4n) is 6.55. The van der Waals surface area contributed by atoms with E-state index in [1.807, 2.05) is 53.9 Å². The molecule has 0 aliphatic rings. The molecule has 9 rings (SSSR count). The van der Waals surface area contributed by atoms with Crippen LogP contribution in [0.3, 0.4) is 0 Å². The van der Waals surface area contributed by atoms with Crippen LogP contribution in [0.1, 0.15) is 0 Å². The summed E-state index contributed by atoms with van der Waals surface area (Å²) >= 11 is 1.84.